The number of carbonyl (C=O) groups is 8. The molecule has 29 heteroatoms. The second kappa shape index (κ2) is 33.1. The third kappa shape index (κ3) is 16.4. The second-order valence-electron chi connectivity index (χ2n) is 29.2. The van der Waals surface area contributed by atoms with Crippen LogP contribution >= 0.6 is 0 Å². The Bertz CT molecular complexity index is 5170. The van der Waals surface area contributed by atoms with E-state index in [9.17, 15) is 42.7 Å². The van der Waals surface area contributed by atoms with Gasteiger partial charge < -0.3 is 39.0 Å². The molecule has 28 nitrogen and oxygen atoms in total. The van der Waals surface area contributed by atoms with E-state index in [4.69, 9.17) is 28.9 Å². The van der Waals surface area contributed by atoms with Gasteiger partial charge in [-0.3, -0.25) is 67.6 Å². The normalized spacial score (nSPS) is 19.4. The van der Waals surface area contributed by atoms with Gasteiger partial charge in [0.15, 0.2) is 0 Å². The summed E-state index contributed by atoms with van der Waals surface area (Å²) in [5.74, 6) is -1.30. The van der Waals surface area contributed by atoms with E-state index in [2.05, 4.69) is 62.7 Å². The number of hydrogen-bond donors (Lipinski definition) is 3. The minimum absolute atomic E-state index is 0.0878. The Morgan fingerprint density at radius 1 is 0.450 bits per heavy atom. The number of nitrogens with one attached hydrogen (secondary N) is 3. The number of imidazole rings is 2. The average molecular weight is 1510 g/mol. The summed E-state index contributed by atoms with van der Waals surface area (Å²) in [5.41, 5.74) is 8.15. The van der Waals surface area contributed by atoms with Gasteiger partial charge in [-0.25, -0.2) is 29.9 Å². The number of amides is 8. The number of halogens is 1. The van der Waals surface area contributed by atoms with Crippen molar-refractivity contribution in [1.29, 1.82) is 0 Å². The molecule has 0 aliphatic carbocycles. The lowest BCUT2D eigenvalue weighted by molar-refractivity contribution is -0.137. The van der Waals surface area contributed by atoms with Crippen molar-refractivity contribution in [2.45, 2.75) is 126 Å². The molecular formula is C82H85FN16O12. The number of rotatable bonds is 23. The van der Waals surface area contributed by atoms with Gasteiger partial charge in [0, 0.05) is 101 Å². The summed E-state index contributed by atoms with van der Waals surface area (Å²) < 4.78 is 41.1. The number of likely N-dealkylation sites (tertiary alicyclic amines) is 2. The van der Waals surface area contributed by atoms with Gasteiger partial charge in [0.2, 0.25) is 41.1 Å². The van der Waals surface area contributed by atoms with E-state index in [1.807, 2.05) is 88.1 Å². The number of carbonyl (C=O) groups excluding carboxylic acids is 8. The van der Waals surface area contributed by atoms with Crippen LogP contribution in [0.2, 0.25) is 0 Å². The highest BCUT2D eigenvalue weighted by Crippen LogP contribution is 2.34. The average Bonchev–Trinajstić information content (AvgIpc) is 1.87. The molecule has 0 bridgehead atoms. The molecular weight excluding hydrogens is 1420 g/mol. The number of imide groups is 4. The summed E-state index contributed by atoms with van der Waals surface area (Å²) in [4.78, 5) is 135. The van der Waals surface area contributed by atoms with Crippen LogP contribution in [0.15, 0.2) is 146 Å². The van der Waals surface area contributed by atoms with E-state index in [1.54, 1.807) is 42.5 Å². The van der Waals surface area contributed by atoms with Gasteiger partial charge in [-0.2, -0.15) is 4.39 Å². The van der Waals surface area contributed by atoms with Gasteiger partial charge in [-0.15, -0.1) is 0 Å². The fourth-order valence-electron chi connectivity index (χ4n) is 15.5. The molecule has 18 rings (SSSR count). The van der Waals surface area contributed by atoms with Crippen LogP contribution in [-0.2, 0) is 28.7 Å². The van der Waals surface area contributed by atoms with Crippen LogP contribution in [-0.4, -0.2) is 221 Å². The second-order valence-corrected chi connectivity index (χ2v) is 29.2. The van der Waals surface area contributed by atoms with Crippen molar-refractivity contribution in [3.63, 3.8) is 0 Å². The number of aromatic nitrogens is 8. The van der Waals surface area contributed by atoms with E-state index >= 15 is 0 Å². The number of ether oxygens (including phenoxy) is 4. The van der Waals surface area contributed by atoms with Gasteiger partial charge in [0.25, 0.3) is 23.6 Å². The summed E-state index contributed by atoms with van der Waals surface area (Å²) in [6.45, 7) is 11.1. The van der Waals surface area contributed by atoms with Crippen LogP contribution in [0.3, 0.4) is 0 Å². The minimum atomic E-state index is -0.980. The standard InChI is InChI=1S/C41H42N8O6.C26H34N4O6.C15H9FN4/c50-37-13-11-35(38(51)45-37)49-39(52)30-10-9-28(22-31(30)40(49)53)54-21-5-1-4-17-46-18-14-27(15-19-46)55-29-24-47(25-29)36-12-8-26(23-42-36)32-16-20-48-34-7-3-2-6-33(34)44-41(48)43-32;31-23-7-6-22(24(32)28-23)30-25(33)20-5-4-18(14-21(20)26(30)34)35-13-3-1-2-10-29-11-8-17(9-12-29)36-19-15-27-16-19;16-14-6-5-10(9-17-14)11-7-8-20-13-4-2-1-3-12(13)19-15(20)18-11/h2-3,6-10,12,16,20,22-23,27,29,35H,1,4-5,11,13-15,17-19,21,24-25H2,(H,45,50,51);4-5,14,17,19,22,27H,1-3,6-13,15-16H2,(H,28,31,32);1-9H. The van der Waals surface area contributed by atoms with Crippen LogP contribution in [0.25, 0.3) is 56.1 Å². The van der Waals surface area contributed by atoms with Crippen LogP contribution in [0, 0.1) is 5.95 Å². The maximum absolute atomic E-state index is 13.1. The third-order valence-corrected chi connectivity index (χ3v) is 21.8. The number of unbranched alkanes of at least 4 members (excludes halogenated alkanes) is 4. The molecule has 0 saturated carbocycles. The number of piperidine rings is 4. The predicted octanol–water partition coefficient (Wildman–Crippen LogP) is 8.44. The molecule has 10 aromatic rings. The molecule has 2 atom stereocenters. The summed E-state index contributed by atoms with van der Waals surface area (Å²) in [7, 11) is 0. The zero-order valence-corrected chi connectivity index (χ0v) is 61.3. The molecule has 8 aliphatic rings. The first-order valence-electron chi connectivity index (χ1n) is 38.4. The SMILES string of the molecule is Fc1ccc(-c2ccn3c(n2)nc2ccccc23)cn1.O=C1CCC(N2C(=O)c3ccc(OCCCCCN4CCC(OC5CN(c6ccc(-c7ccn8c(n7)nc7ccccc78)cn6)C5)CC4)cc3C2=O)C(=O)N1.O=C1CCC(N2C(=O)c3ccc(OCCCCCN4CCC(OC5CNC5)CC4)cc3C2=O)C(=O)N1. The van der Waals surface area contributed by atoms with Crippen LogP contribution in [0.4, 0.5) is 10.2 Å². The van der Waals surface area contributed by atoms with Crippen molar-refractivity contribution in [2.75, 3.05) is 83.6 Å². The Hall–Kier alpha value is -11.4. The number of hydrogen-bond acceptors (Lipinski definition) is 22. The Balaban J connectivity index is 0.000000142. The van der Waals surface area contributed by atoms with E-state index in [1.165, 1.54) is 12.3 Å². The fraction of sp³-hybridized carbons (Fsp3) is 0.390. The van der Waals surface area contributed by atoms with E-state index < -0.39 is 59.4 Å². The lowest BCUT2D eigenvalue weighted by atomic mass is 10.0. The van der Waals surface area contributed by atoms with E-state index in [-0.39, 0.29) is 66.1 Å². The number of pyridine rings is 2. The smallest absolute Gasteiger partial charge is 0.262 e. The summed E-state index contributed by atoms with van der Waals surface area (Å²) in [6.07, 6.45) is 19.4. The number of para-hydroxylation sites is 4. The first-order chi connectivity index (χ1) is 54.2. The molecule has 6 aromatic heterocycles. The molecule has 14 heterocycles. The van der Waals surface area contributed by atoms with Gasteiger partial charge in [-0.05, 0) is 187 Å². The monoisotopic (exact) mass is 1500 g/mol. The Kier molecular flexibility index (Phi) is 22.0. The van der Waals surface area contributed by atoms with Crippen molar-refractivity contribution >= 4 is 86.7 Å². The summed E-state index contributed by atoms with van der Waals surface area (Å²) in [6, 6.07) is 34.6. The predicted molar refractivity (Wildman–Crippen MR) is 406 cm³/mol. The summed E-state index contributed by atoms with van der Waals surface area (Å²) >= 11 is 0. The van der Waals surface area contributed by atoms with Crippen molar-refractivity contribution < 1.29 is 61.7 Å². The molecule has 8 aliphatic heterocycles. The van der Waals surface area contributed by atoms with Crippen molar-refractivity contribution in [1.82, 2.24) is 74.3 Å². The molecule has 0 radical (unpaired) electrons. The first kappa shape index (κ1) is 73.8. The Labute approximate surface area is 638 Å². The number of nitrogens with zero attached hydrogens (tertiary/aromatic N) is 13. The van der Waals surface area contributed by atoms with Crippen molar-refractivity contribution in [2.24, 2.45) is 0 Å². The molecule has 111 heavy (non-hydrogen) atoms. The fourth-order valence-corrected chi connectivity index (χ4v) is 15.5. The van der Waals surface area contributed by atoms with Gasteiger partial charge in [0.1, 0.15) is 29.4 Å². The van der Waals surface area contributed by atoms with Crippen LogP contribution < -0.4 is 30.3 Å². The van der Waals surface area contributed by atoms with Crippen molar-refractivity contribution in [3.8, 4) is 34.0 Å². The lowest BCUT2D eigenvalue weighted by Crippen LogP contribution is -2.54. The number of anilines is 1. The number of fused-ring (bicyclic) bond motifs is 8. The van der Waals surface area contributed by atoms with Gasteiger partial charge >= 0.3 is 0 Å². The minimum Gasteiger partial charge on any atom is -0.494 e. The molecule has 3 N–H and O–H groups in total. The number of benzene rings is 4. The molecule has 6 saturated heterocycles. The molecule has 572 valence electrons. The van der Waals surface area contributed by atoms with E-state index in [0.29, 0.717) is 48.5 Å². The van der Waals surface area contributed by atoms with E-state index in [0.717, 1.165) is 190 Å². The lowest BCUT2D eigenvalue weighted by Gasteiger charge is -2.43. The highest BCUT2D eigenvalue weighted by Gasteiger charge is 2.47. The van der Waals surface area contributed by atoms with Crippen molar-refractivity contribution in [3.05, 3.63) is 174 Å². The van der Waals surface area contributed by atoms with Gasteiger partial charge in [0.05, 0.1) is 93.3 Å². The van der Waals surface area contributed by atoms with Gasteiger partial charge in [-0.1, -0.05) is 24.3 Å². The quantitative estimate of drug-likeness (QED) is 0.0307. The largest absolute Gasteiger partial charge is 0.494 e. The molecule has 8 amide bonds. The molecule has 4 aromatic carbocycles. The third-order valence-electron chi connectivity index (χ3n) is 21.8. The first-order valence-corrected chi connectivity index (χ1v) is 38.4. The van der Waals surface area contributed by atoms with Crippen LogP contribution in [0.5, 0.6) is 11.5 Å². The maximum Gasteiger partial charge on any atom is 0.262 e. The summed E-state index contributed by atoms with van der Waals surface area (Å²) in [5, 5.41) is 7.67. The zero-order chi connectivity index (χ0) is 76.1. The molecule has 6 fully saturated rings. The zero-order valence-electron chi connectivity index (χ0n) is 61.3. The highest BCUT2D eigenvalue weighted by molar-refractivity contribution is 6.24. The Morgan fingerprint density at radius 3 is 1.37 bits per heavy atom. The topological polar surface area (TPSA) is 312 Å². The molecule has 2 unspecified atom stereocenters. The van der Waals surface area contributed by atoms with Crippen LogP contribution in [0.1, 0.15) is 131 Å². The molecule has 0 spiro atoms. The maximum atomic E-state index is 13.1. The highest BCUT2D eigenvalue weighted by atomic mass is 19.1. The Morgan fingerprint density at radius 2 is 0.919 bits per heavy atom.